The number of aromatic amines is 1. The van der Waals surface area contributed by atoms with Crippen LogP contribution in [-0.2, 0) is 0 Å². The van der Waals surface area contributed by atoms with Crippen molar-refractivity contribution < 1.29 is 9.59 Å². The largest absolute Gasteiger partial charge is 0.348 e. The number of nitrogens with one attached hydrogen (secondary N) is 1. The SMILES string of the molecule is CC1CC(C)CN(C(=O)c2ccc(C=O)[nH]2)C1. The first kappa shape index (κ1) is 11.9. The fourth-order valence-electron chi connectivity index (χ4n) is 2.60. The predicted molar refractivity (Wildman–Crippen MR) is 65.0 cm³/mol. The van der Waals surface area contributed by atoms with Gasteiger partial charge in [-0.1, -0.05) is 13.8 Å². The number of hydrogen-bond acceptors (Lipinski definition) is 2. The molecular formula is C13H18N2O2. The summed E-state index contributed by atoms with van der Waals surface area (Å²) in [5.74, 6) is 1.09. The molecule has 1 fully saturated rings. The van der Waals surface area contributed by atoms with E-state index in [4.69, 9.17) is 0 Å². The van der Waals surface area contributed by atoms with E-state index in [1.54, 1.807) is 12.1 Å². The molecule has 1 aliphatic rings. The first-order valence-electron chi connectivity index (χ1n) is 6.03. The lowest BCUT2D eigenvalue weighted by Crippen LogP contribution is -2.42. The van der Waals surface area contributed by atoms with E-state index in [0.29, 0.717) is 23.2 Å². The van der Waals surface area contributed by atoms with Gasteiger partial charge >= 0.3 is 0 Å². The molecule has 2 atom stereocenters. The molecule has 2 heterocycles. The van der Waals surface area contributed by atoms with Crippen molar-refractivity contribution in [3.63, 3.8) is 0 Å². The molecule has 1 saturated heterocycles. The average Bonchev–Trinajstić information content (AvgIpc) is 2.75. The zero-order valence-corrected chi connectivity index (χ0v) is 10.3. The number of H-pyrrole nitrogens is 1. The number of carbonyl (C=O) groups excluding carboxylic acids is 2. The Morgan fingerprint density at radius 3 is 2.53 bits per heavy atom. The van der Waals surface area contributed by atoms with Gasteiger partial charge in [0.25, 0.3) is 5.91 Å². The van der Waals surface area contributed by atoms with Gasteiger partial charge in [0, 0.05) is 13.1 Å². The highest BCUT2D eigenvalue weighted by Gasteiger charge is 2.26. The molecule has 1 aliphatic heterocycles. The normalized spacial score (nSPS) is 24.7. The summed E-state index contributed by atoms with van der Waals surface area (Å²) in [4.78, 5) is 27.5. The number of rotatable bonds is 2. The van der Waals surface area contributed by atoms with Crippen molar-refractivity contribution in [2.75, 3.05) is 13.1 Å². The Morgan fingerprint density at radius 1 is 1.35 bits per heavy atom. The van der Waals surface area contributed by atoms with Crippen LogP contribution >= 0.6 is 0 Å². The molecule has 17 heavy (non-hydrogen) atoms. The van der Waals surface area contributed by atoms with Crippen molar-refractivity contribution in [3.05, 3.63) is 23.5 Å². The Hall–Kier alpha value is -1.58. The molecule has 92 valence electrons. The van der Waals surface area contributed by atoms with E-state index >= 15 is 0 Å². The van der Waals surface area contributed by atoms with Gasteiger partial charge in [-0.25, -0.2) is 0 Å². The molecule has 4 nitrogen and oxygen atoms in total. The third-order valence-corrected chi connectivity index (χ3v) is 3.22. The highest BCUT2D eigenvalue weighted by molar-refractivity contribution is 5.93. The number of nitrogens with zero attached hydrogens (tertiary/aromatic N) is 1. The standard InChI is InChI=1S/C13H18N2O2/c1-9-5-10(2)7-15(6-9)13(17)12-4-3-11(8-16)14-12/h3-4,8-10,14H,5-7H2,1-2H3. The summed E-state index contributed by atoms with van der Waals surface area (Å²) in [6.07, 6.45) is 1.90. The van der Waals surface area contributed by atoms with Crippen molar-refractivity contribution in [1.29, 1.82) is 0 Å². The van der Waals surface area contributed by atoms with Crippen LogP contribution in [0.3, 0.4) is 0 Å². The summed E-state index contributed by atoms with van der Waals surface area (Å²) >= 11 is 0. The third-order valence-electron chi connectivity index (χ3n) is 3.22. The maximum Gasteiger partial charge on any atom is 0.270 e. The molecule has 2 rings (SSSR count). The van der Waals surface area contributed by atoms with Gasteiger partial charge in [0.05, 0.1) is 5.69 Å². The van der Waals surface area contributed by atoms with Gasteiger partial charge in [-0.2, -0.15) is 0 Å². The molecule has 4 heteroatoms. The molecule has 1 amide bonds. The molecule has 0 saturated carbocycles. The van der Waals surface area contributed by atoms with Crippen LogP contribution in [0.5, 0.6) is 0 Å². The molecule has 1 N–H and O–H groups in total. The Balaban J connectivity index is 2.11. The lowest BCUT2D eigenvalue weighted by Gasteiger charge is -2.34. The summed E-state index contributed by atoms with van der Waals surface area (Å²) < 4.78 is 0. The lowest BCUT2D eigenvalue weighted by molar-refractivity contribution is 0.0618. The Labute approximate surface area is 101 Å². The molecule has 0 radical (unpaired) electrons. The van der Waals surface area contributed by atoms with Gasteiger partial charge in [-0.15, -0.1) is 0 Å². The van der Waals surface area contributed by atoms with Crippen LogP contribution < -0.4 is 0 Å². The summed E-state index contributed by atoms with van der Waals surface area (Å²) in [5, 5.41) is 0. The van der Waals surface area contributed by atoms with Crippen molar-refractivity contribution >= 4 is 12.2 Å². The molecule has 1 aromatic rings. The zero-order chi connectivity index (χ0) is 12.4. The molecule has 0 bridgehead atoms. The molecular weight excluding hydrogens is 216 g/mol. The van der Waals surface area contributed by atoms with E-state index in [0.717, 1.165) is 19.4 Å². The molecule has 1 aromatic heterocycles. The Morgan fingerprint density at radius 2 is 2.00 bits per heavy atom. The van der Waals surface area contributed by atoms with E-state index < -0.39 is 0 Å². The van der Waals surface area contributed by atoms with Crippen LogP contribution in [0.2, 0.25) is 0 Å². The molecule has 0 spiro atoms. The van der Waals surface area contributed by atoms with Crippen LogP contribution in [0.25, 0.3) is 0 Å². The van der Waals surface area contributed by atoms with Crippen molar-refractivity contribution in [2.45, 2.75) is 20.3 Å². The second kappa shape index (κ2) is 4.73. The van der Waals surface area contributed by atoms with Crippen LogP contribution in [0.15, 0.2) is 12.1 Å². The summed E-state index contributed by atoms with van der Waals surface area (Å²) in [7, 11) is 0. The summed E-state index contributed by atoms with van der Waals surface area (Å²) in [6, 6.07) is 3.31. The molecule has 2 unspecified atom stereocenters. The highest BCUT2D eigenvalue weighted by Crippen LogP contribution is 2.22. The van der Waals surface area contributed by atoms with E-state index in [-0.39, 0.29) is 5.91 Å². The maximum absolute atomic E-state index is 12.2. The topological polar surface area (TPSA) is 53.2 Å². The van der Waals surface area contributed by atoms with Gasteiger partial charge in [0.15, 0.2) is 6.29 Å². The van der Waals surface area contributed by atoms with E-state index in [1.807, 2.05) is 4.90 Å². The highest BCUT2D eigenvalue weighted by atomic mass is 16.2. The Kier molecular flexibility index (Phi) is 3.31. The number of aldehydes is 1. The van der Waals surface area contributed by atoms with E-state index in [9.17, 15) is 9.59 Å². The summed E-state index contributed by atoms with van der Waals surface area (Å²) in [5.41, 5.74) is 0.958. The first-order chi connectivity index (χ1) is 8.10. The van der Waals surface area contributed by atoms with Crippen LogP contribution in [-0.4, -0.2) is 35.2 Å². The number of amides is 1. The van der Waals surface area contributed by atoms with E-state index in [1.165, 1.54) is 6.42 Å². The monoisotopic (exact) mass is 234 g/mol. The minimum Gasteiger partial charge on any atom is -0.348 e. The number of hydrogen-bond donors (Lipinski definition) is 1. The quantitative estimate of drug-likeness (QED) is 0.795. The van der Waals surface area contributed by atoms with E-state index in [2.05, 4.69) is 18.8 Å². The molecule has 0 aliphatic carbocycles. The second-order valence-corrected chi connectivity index (χ2v) is 5.10. The van der Waals surface area contributed by atoms with Crippen LogP contribution in [0.1, 0.15) is 41.2 Å². The predicted octanol–water partition coefficient (Wildman–Crippen LogP) is 1.95. The van der Waals surface area contributed by atoms with Gasteiger partial charge in [-0.3, -0.25) is 9.59 Å². The van der Waals surface area contributed by atoms with Crippen molar-refractivity contribution in [3.8, 4) is 0 Å². The van der Waals surface area contributed by atoms with Gasteiger partial charge in [0.2, 0.25) is 0 Å². The van der Waals surface area contributed by atoms with Gasteiger partial charge < -0.3 is 9.88 Å². The number of piperidine rings is 1. The van der Waals surface area contributed by atoms with Crippen molar-refractivity contribution in [1.82, 2.24) is 9.88 Å². The number of carbonyl (C=O) groups is 2. The third kappa shape index (κ3) is 2.57. The van der Waals surface area contributed by atoms with Gasteiger partial charge in [0.1, 0.15) is 5.69 Å². The number of likely N-dealkylation sites (tertiary alicyclic amines) is 1. The second-order valence-electron chi connectivity index (χ2n) is 5.10. The smallest absolute Gasteiger partial charge is 0.270 e. The summed E-state index contributed by atoms with van der Waals surface area (Å²) in [6.45, 7) is 5.94. The zero-order valence-electron chi connectivity index (χ0n) is 10.3. The van der Waals surface area contributed by atoms with Crippen LogP contribution in [0.4, 0.5) is 0 Å². The maximum atomic E-state index is 12.2. The first-order valence-corrected chi connectivity index (χ1v) is 6.03. The van der Waals surface area contributed by atoms with Gasteiger partial charge in [-0.05, 0) is 30.4 Å². The fourth-order valence-corrected chi connectivity index (χ4v) is 2.60. The minimum absolute atomic E-state index is 0.00324. The van der Waals surface area contributed by atoms with Crippen LogP contribution in [0, 0.1) is 11.8 Å². The Bertz CT molecular complexity index is 415. The van der Waals surface area contributed by atoms with Crippen molar-refractivity contribution in [2.24, 2.45) is 11.8 Å². The minimum atomic E-state index is -0.00324. The lowest BCUT2D eigenvalue weighted by atomic mass is 9.92. The molecule has 0 aromatic carbocycles. The fraction of sp³-hybridized carbons (Fsp3) is 0.538. The average molecular weight is 234 g/mol. The number of aromatic nitrogens is 1.